The number of sulfonamides is 1. The molecule has 0 aliphatic carbocycles. The number of rotatable bonds is 6. The maximum Gasteiger partial charge on any atom is 0.416 e. The molecule has 12 nitrogen and oxygen atoms in total. The Morgan fingerprint density at radius 2 is 1.93 bits per heavy atom. The van der Waals surface area contributed by atoms with E-state index in [1.807, 2.05) is 17.6 Å². The molecule has 0 atom stereocenters. The molecule has 0 fully saturated rings. The first-order valence-corrected chi connectivity index (χ1v) is 14.3. The van der Waals surface area contributed by atoms with Crippen LogP contribution in [0.15, 0.2) is 60.1 Å². The number of hydrogen-bond donors (Lipinski definition) is 2. The van der Waals surface area contributed by atoms with Crippen molar-refractivity contribution in [2.24, 2.45) is 12.0 Å². The van der Waals surface area contributed by atoms with Gasteiger partial charge < -0.3 is 9.88 Å². The van der Waals surface area contributed by atoms with E-state index in [1.54, 1.807) is 31.4 Å². The normalized spacial score (nSPS) is 13.8. The van der Waals surface area contributed by atoms with Crippen molar-refractivity contribution in [1.29, 1.82) is 0 Å². The molecule has 2 aromatic heterocycles. The summed E-state index contributed by atoms with van der Waals surface area (Å²) < 4.78 is 71.0. The molecule has 0 amide bonds. The Morgan fingerprint density at radius 3 is 2.69 bits per heavy atom. The molecule has 0 saturated heterocycles. The lowest BCUT2D eigenvalue weighted by Crippen LogP contribution is -2.18. The predicted octanol–water partition coefficient (Wildman–Crippen LogP) is 3.50. The summed E-state index contributed by atoms with van der Waals surface area (Å²) >= 11 is 0. The zero-order valence-electron chi connectivity index (χ0n) is 22.3. The maximum atomic E-state index is 13.1. The van der Waals surface area contributed by atoms with Crippen LogP contribution in [0, 0.1) is 6.92 Å². The van der Waals surface area contributed by atoms with Crippen molar-refractivity contribution in [2.75, 3.05) is 16.6 Å². The van der Waals surface area contributed by atoms with E-state index in [0.29, 0.717) is 18.9 Å². The molecule has 0 saturated carbocycles. The third-order valence-electron chi connectivity index (χ3n) is 6.56. The Morgan fingerprint density at radius 1 is 1.10 bits per heavy atom. The Labute approximate surface area is 237 Å². The third-order valence-corrected chi connectivity index (χ3v) is 7.78. The van der Waals surface area contributed by atoms with Crippen molar-refractivity contribution >= 4 is 27.5 Å². The number of alkyl halides is 3. The van der Waals surface area contributed by atoms with Crippen LogP contribution >= 0.6 is 0 Å². The minimum atomic E-state index is -4.61. The summed E-state index contributed by atoms with van der Waals surface area (Å²) in [5, 5.41) is 7.52. The highest BCUT2D eigenvalue weighted by molar-refractivity contribution is 7.91. The lowest BCUT2D eigenvalue weighted by molar-refractivity contribution is -0.137. The highest BCUT2D eigenvalue weighted by atomic mass is 32.2. The van der Waals surface area contributed by atoms with Gasteiger partial charge in [0.25, 0.3) is 11.6 Å². The minimum absolute atomic E-state index is 0.214. The number of benzene rings is 1. The molecule has 1 aromatic carbocycles. The van der Waals surface area contributed by atoms with E-state index in [9.17, 15) is 21.6 Å². The van der Waals surface area contributed by atoms with Gasteiger partial charge in [0.2, 0.25) is 10.0 Å². The van der Waals surface area contributed by atoms with Gasteiger partial charge in [-0.05, 0) is 48.4 Å². The molecule has 3 aliphatic rings. The van der Waals surface area contributed by atoms with Gasteiger partial charge in [-0.15, -0.1) is 5.10 Å². The van der Waals surface area contributed by atoms with Crippen LogP contribution in [0.5, 0.6) is 0 Å². The van der Waals surface area contributed by atoms with Gasteiger partial charge in [0.15, 0.2) is 0 Å². The second-order valence-corrected chi connectivity index (χ2v) is 11.4. The van der Waals surface area contributed by atoms with Crippen molar-refractivity contribution in [1.82, 2.24) is 34.3 Å². The molecular weight excluding hydrogens is 573 g/mol. The fourth-order valence-electron chi connectivity index (χ4n) is 4.71. The first kappa shape index (κ1) is 27.3. The number of hydrogen-bond acceptors (Lipinski definition) is 9. The number of nitrogens with one attached hydrogen (secondary N) is 2. The fourth-order valence-corrected chi connectivity index (χ4v) is 5.81. The highest BCUT2D eigenvalue weighted by Gasteiger charge is 2.31. The van der Waals surface area contributed by atoms with Crippen LogP contribution in [0.4, 0.5) is 30.6 Å². The number of aryl methyl sites for hydroxylation is 2. The summed E-state index contributed by atoms with van der Waals surface area (Å²) in [6.45, 7) is 3.18. The van der Waals surface area contributed by atoms with Crippen LogP contribution in [0.3, 0.4) is 0 Å². The summed E-state index contributed by atoms with van der Waals surface area (Å²) in [6, 6.07) is 8.49. The Kier molecular flexibility index (Phi) is 6.64. The van der Waals surface area contributed by atoms with E-state index >= 15 is 0 Å². The number of halogens is 3. The molecule has 0 bridgehead atoms. The molecule has 0 radical (unpaired) electrons. The van der Waals surface area contributed by atoms with E-state index in [-0.39, 0.29) is 22.9 Å². The quantitative estimate of drug-likeness (QED) is 0.303. The smallest absolute Gasteiger partial charge is 0.369 e. The topological polar surface area (TPSA) is 145 Å². The third kappa shape index (κ3) is 5.52. The molecule has 3 aliphatic heterocycles. The molecule has 0 spiro atoms. The summed E-state index contributed by atoms with van der Waals surface area (Å²) in [5.41, 5.74) is 2.46. The van der Waals surface area contributed by atoms with Gasteiger partial charge in [0.05, 0.1) is 11.3 Å². The molecule has 0 unspecified atom stereocenters. The summed E-state index contributed by atoms with van der Waals surface area (Å²) in [4.78, 5) is 21.2. The van der Waals surface area contributed by atoms with E-state index in [0.717, 1.165) is 46.4 Å². The fraction of sp³-hybridized carbons (Fsp3) is 0.231. The molecule has 2 N–H and O–H groups in total. The standard InChI is InChI=1S/C26H23F3N10O2S/c1-15-3-4-18(37-42(40,41)13-19-10-17(5-6-30-19)26(27,28)29)11-20(15)21-9-16-12-32-24(35-25-33-14-38(2)36-25)34-22(16)39-8-7-31-23(21)39/h3-6,9-12,14,31,37H,7-8,13H2,1-2H3/b35-24+. The molecule has 6 rings (SSSR count). The van der Waals surface area contributed by atoms with Gasteiger partial charge in [-0.1, -0.05) is 6.07 Å². The van der Waals surface area contributed by atoms with Crippen LogP contribution in [0.25, 0.3) is 22.5 Å². The van der Waals surface area contributed by atoms with Gasteiger partial charge >= 0.3 is 6.18 Å². The number of fused-ring (bicyclic) bond motifs is 3. The predicted molar refractivity (Wildman–Crippen MR) is 147 cm³/mol. The van der Waals surface area contributed by atoms with Crippen molar-refractivity contribution < 1.29 is 21.6 Å². The second kappa shape index (κ2) is 10.2. The largest absolute Gasteiger partial charge is 0.416 e. The highest BCUT2D eigenvalue weighted by Crippen LogP contribution is 2.39. The van der Waals surface area contributed by atoms with Gasteiger partial charge in [-0.3, -0.25) is 14.4 Å². The lowest BCUT2D eigenvalue weighted by atomic mass is 9.98. The minimum Gasteiger partial charge on any atom is -0.369 e. The Balaban J connectivity index is 1.34. The molecule has 216 valence electrons. The van der Waals surface area contributed by atoms with E-state index in [4.69, 9.17) is 0 Å². The van der Waals surface area contributed by atoms with Crippen molar-refractivity contribution in [2.45, 2.75) is 25.4 Å². The monoisotopic (exact) mass is 596 g/mol. The van der Waals surface area contributed by atoms with Crippen molar-refractivity contribution in [3.05, 3.63) is 77.6 Å². The summed E-state index contributed by atoms with van der Waals surface area (Å²) in [7, 11) is -2.35. The summed E-state index contributed by atoms with van der Waals surface area (Å²) in [5.74, 6) is 0.972. The number of pyridine rings is 2. The lowest BCUT2D eigenvalue weighted by Gasteiger charge is -2.19. The maximum absolute atomic E-state index is 13.1. The SMILES string of the molecule is Cc1ccc(NS(=O)(=O)Cc2cc(C(F)(F)F)ccn2)cc1-c1cc2cn/c(=N\c3ncn(C)n3)nc-2n2c1NCC2. The van der Waals surface area contributed by atoms with Gasteiger partial charge in [-0.2, -0.15) is 28.1 Å². The summed E-state index contributed by atoms with van der Waals surface area (Å²) in [6.07, 6.45) is -0.478. The molecule has 3 aromatic rings. The first-order chi connectivity index (χ1) is 19.9. The van der Waals surface area contributed by atoms with Crippen LogP contribution in [-0.4, -0.2) is 49.2 Å². The van der Waals surface area contributed by atoms with Gasteiger partial charge in [0.1, 0.15) is 23.7 Å². The van der Waals surface area contributed by atoms with Crippen LogP contribution < -0.4 is 15.7 Å². The van der Waals surface area contributed by atoms with E-state index in [1.165, 1.54) is 11.0 Å². The first-order valence-electron chi connectivity index (χ1n) is 12.6. The Hall–Kier alpha value is -4.86. The van der Waals surface area contributed by atoms with Gasteiger partial charge in [-0.25, -0.2) is 13.4 Å². The molecule has 16 heteroatoms. The van der Waals surface area contributed by atoms with E-state index in [2.05, 4.69) is 40.1 Å². The number of aromatic nitrogens is 7. The Bertz CT molecular complexity index is 1970. The van der Waals surface area contributed by atoms with Crippen molar-refractivity contribution in [3.8, 4) is 22.5 Å². The van der Waals surface area contributed by atoms with Gasteiger partial charge in [0, 0.05) is 49.3 Å². The van der Waals surface area contributed by atoms with Crippen LogP contribution in [0.1, 0.15) is 16.8 Å². The zero-order chi connectivity index (χ0) is 29.6. The average molecular weight is 597 g/mol. The molecule has 42 heavy (non-hydrogen) atoms. The van der Waals surface area contributed by atoms with Crippen LogP contribution in [-0.2, 0) is 35.5 Å². The zero-order valence-corrected chi connectivity index (χ0v) is 23.1. The van der Waals surface area contributed by atoms with Crippen LogP contribution in [0.2, 0.25) is 0 Å². The second-order valence-electron chi connectivity index (χ2n) is 9.69. The number of nitrogens with zero attached hydrogens (tertiary/aromatic N) is 8. The van der Waals surface area contributed by atoms with E-state index < -0.39 is 27.5 Å². The van der Waals surface area contributed by atoms with Crippen molar-refractivity contribution in [3.63, 3.8) is 0 Å². The average Bonchev–Trinajstić information content (AvgIpc) is 3.58. The number of anilines is 2. The molecule has 5 heterocycles. The molecular formula is C26H23F3N10O2S.